The molecule has 0 aromatic heterocycles. The molecule has 1 atom stereocenters. The van der Waals surface area contributed by atoms with Crippen LogP contribution in [-0.4, -0.2) is 4.21 Å². The van der Waals surface area contributed by atoms with Gasteiger partial charge in [0.25, 0.3) is 0 Å². The van der Waals surface area contributed by atoms with Gasteiger partial charge in [0.05, 0.1) is 4.90 Å². The second kappa shape index (κ2) is 21.0. The Morgan fingerprint density at radius 3 is 1.04 bits per heavy atom. The summed E-state index contributed by atoms with van der Waals surface area (Å²) < 4.78 is 17.3. The Labute approximate surface area is 317 Å². The molecule has 272 valence electrons. The summed E-state index contributed by atoms with van der Waals surface area (Å²) in [6.45, 7) is 21.3. The molecule has 52 heavy (non-hydrogen) atoms. The summed E-state index contributed by atoms with van der Waals surface area (Å²) >= 11 is -1.45. The van der Waals surface area contributed by atoms with E-state index in [-0.39, 0.29) is 5.41 Å². The van der Waals surface area contributed by atoms with Gasteiger partial charge >= 0.3 is 0 Å². The summed E-state index contributed by atoms with van der Waals surface area (Å²) in [7, 11) is 0. The van der Waals surface area contributed by atoms with E-state index >= 15 is 0 Å². The van der Waals surface area contributed by atoms with Crippen LogP contribution in [0, 0.1) is 41.5 Å². The van der Waals surface area contributed by atoms with Crippen molar-refractivity contribution in [3.63, 3.8) is 0 Å². The number of hydrogen-bond acceptors (Lipinski definition) is 2. The van der Waals surface area contributed by atoms with Gasteiger partial charge in [0.15, 0.2) is 0 Å². The van der Waals surface area contributed by atoms with E-state index in [9.17, 15) is 4.21 Å². The highest BCUT2D eigenvalue weighted by atomic mass is 32.2. The van der Waals surface area contributed by atoms with Gasteiger partial charge in [0, 0.05) is 5.41 Å². The molecule has 0 spiro atoms. The number of rotatable bonds is 7. The van der Waals surface area contributed by atoms with Crippen LogP contribution in [-0.2, 0) is 22.9 Å². The SMILES string of the molecule is CCC.Cc1ccc(C(C)(C)c2ccc(C)cc2)cc1.Cc1ccc(Cc2ccc(C)cc2)cc1.Cc1ccc(OS(=O)c2ccc(C)cc2)cc1. The lowest BCUT2D eigenvalue weighted by Gasteiger charge is -2.26. The van der Waals surface area contributed by atoms with Gasteiger partial charge in [-0.25, -0.2) is 4.21 Å². The van der Waals surface area contributed by atoms with Gasteiger partial charge in [-0.1, -0.05) is 189 Å². The van der Waals surface area contributed by atoms with Crippen LogP contribution >= 0.6 is 0 Å². The maximum atomic E-state index is 11.9. The fourth-order valence-electron chi connectivity index (χ4n) is 5.13. The molecule has 2 nitrogen and oxygen atoms in total. The summed E-state index contributed by atoms with van der Waals surface area (Å²) in [6.07, 6.45) is 2.28. The first-order chi connectivity index (χ1) is 24.8. The Morgan fingerprint density at radius 1 is 0.442 bits per heavy atom. The van der Waals surface area contributed by atoms with Gasteiger partial charge in [0.1, 0.15) is 5.75 Å². The van der Waals surface area contributed by atoms with Crippen molar-refractivity contribution in [2.45, 2.75) is 92.4 Å². The molecule has 0 saturated heterocycles. The van der Waals surface area contributed by atoms with Crippen molar-refractivity contribution < 1.29 is 8.39 Å². The highest BCUT2D eigenvalue weighted by Crippen LogP contribution is 2.31. The van der Waals surface area contributed by atoms with Gasteiger partial charge in [-0.05, 0) is 94.5 Å². The molecule has 0 N–H and O–H groups in total. The van der Waals surface area contributed by atoms with Crippen LogP contribution < -0.4 is 4.18 Å². The fourth-order valence-corrected chi connectivity index (χ4v) is 5.87. The van der Waals surface area contributed by atoms with Crippen LogP contribution in [0.4, 0.5) is 0 Å². The number of hydrogen-bond donors (Lipinski definition) is 0. The molecule has 0 aliphatic heterocycles. The Bertz CT molecular complexity index is 1810. The third-order valence-corrected chi connectivity index (χ3v) is 9.60. The van der Waals surface area contributed by atoms with Crippen molar-refractivity contribution in [3.05, 3.63) is 201 Å². The summed E-state index contributed by atoms with van der Waals surface area (Å²) in [6, 6.07) is 50.2. The molecule has 3 heteroatoms. The summed E-state index contributed by atoms with van der Waals surface area (Å²) in [5.41, 5.74) is 13.1. The van der Waals surface area contributed by atoms with Crippen molar-refractivity contribution >= 4 is 11.1 Å². The number of aryl methyl sites for hydroxylation is 6. The normalized spacial score (nSPS) is 11.0. The lowest BCUT2D eigenvalue weighted by Crippen LogP contribution is -2.18. The van der Waals surface area contributed by atoms with Gasteiger partial charge in [-0.2, -0.15) is 0 Å². The van der Waals surface area contributed by atoms with Crippen molar-refractivity contribution in [1.29, 1.82) is 0 Å². The third kappa shape index (κ3) is 14.1. The Kier molecular flexibility index (Phi) is 16.8. The third-order valence-electron chi connectivity index (χ3n) is 8.60. The zero-order valence-corrected chi connectivity index (χ0v) is 33.8. The maximum Gasteiger partial charge on any atom is 0.240 e. The predicted molar refractivity (Wildman–Crippen MR) is 225 cm³/mol. The van der Waals surface area contributed by atoms with Crippen LogP contribution in [0.1, 0.15) is 89.8 Å². The van der Waals surface area contributed by atoms with Crippen molar-refractivity contribution in [2.24, 2.45) is 0 Å². The second-order valence-corrected chi connectivity index (χ2v) is 15.3. The Morgan fingerprint density at radius 2 is 0.712 bits per heavy atom. The van der Waals surface area contributed by atoms with Crippen LogP contribution in [0.3, 0.4) is 0 Å². The van der Waals surface area contributed by atoms with Gasteiger partial charge in [-0.3, -0.25) is 0 Å². The smallest absolute Gasteiger partial charge is 0.240 e. The van der Waals surface area contributed by atoms with Crippen molar-refractivity contribution in [1.82, 2.24) is 0 Å². The van der Waals surface area contributed by atoms with Gasteiger partial charge < -0.3 is 4.18 Å². The molecule has 0 heterocycles. The molecular formula is C49H58O2S. The molecule has 0 bridgehead atoms. The van der Waals surface area contributed by atoms with Gasteiger partial charge in [0.2, 0.25) is 11.1 Å². The molecule has 0 aliphatic carbocycles. The molecule has 0 fully saturated rings. The van der Waals surface area contributed by atoms with Crippen molar-refractivity contribution in [2.75, 3.05) is 0 Å². The average molecular weight is 711 g/mol. The minimum absolute atomic E-state index is 0.0708. The van der Waals surface area contributed by atoms with Crippen LogP contribution in [0.2, 0.25) is 0 Å². The number of benzene rings is 6. The zero-order chi connectivity index (χ0) is 38.1. The molecule has 0 amide bonds. The van der Waals surface area contributed by atoms with Crippen molar-refractivity contribution in [3.8, 4) is 5.75 Å². The molecule has 0 radical (unpaired) electrons. The minimum atomic E-state index is -1.45. The lowest BCUT2D eigenvalue weighted by atomic mass is 9.78. The summed E-state index contributed by atoms with van der Waals surface area (Å²) in [4.78, 5) is 0.677. The summed E-state index contributed by atoms with van der Waals surface area (Å²) in [5.74, 6) is 0.620. The predicted octanol–water partition coefficient (Wildman–Crippen LogP) is 13.3. The quantitative estimate of drug-likeness (QED) is 0.165. The standard InChI is InChI=1S/C17H20.C15H16.C14H14O2S.C3H8/c1-13-5-9-15(10-6-13)17(3,4)16-11-7-14(2)8-12-16;1-12-3-7-14(8-4-12)11-15-9-5-13(2)6-10-15;1-11-3-7-13(8-4-11)16-17(15)14-9-5-12(2)6-10-14;1-3-2/h5-12H,1-4H3;3-10H,11H2,1-2H3;3-10H,1-2H3;3H2,1-2H3. The first-order valence-electron chi connectivity index (χ1n) is 18.3. The van der Waals surface area contributed by atoms with Crippen LogP contribution in [0.25, 0.3) is 0 Å². The van der Waals surface area contributed by atoms with E-state index in [1.807, 2.05) is 62.4 Å². The topological polar surface area (TPSA) is 26.3 Å². The van der Waals surface area contributed by atoms with E-state index in [0.29, 0.717) is 10.6 Å². The Balaban J connectivity index is 0.000000203. The van der Waals surface area contributed by atoms with E-state index < -0.39 is 11.1 Å². The van der Waals surface area contributed by atoms with Crippen LogP contribution in [0.15, 0.2) is 150 Å². The van der Waals surface area contributed by atoms with E-state index in [1.54, 1.807) is 0 Å². The highest BCUT2D eigenvalue weighted by Gasteiger charge is 2.22. The Hall–Kier alpha value is -4.73. The molecular weight excluding hydrogens is 653 g/mol. The van der Waals surface area contributed by atoms with E-state index in [0.717, 1.165) is 17.5 Å². The van der Waals surface area contributed by atoms with E-state index in [1.165, 1.54) is 50.9 Å². The highest BCUT2D eigenvalue weighted by molar-refractivity contribution is 7.80. The molecule has 6 aromatic carbocycles. The summed E-state index contributed by atoms with van der Waals surface area (Å²) in [5, 5.41) is 0. The first kappa shape index (κ1) is 41.7. The molecule has 6 aromatic rings. The second-order valence-electron chi connectivity index (χ2n) is 14.2. The molecule has 0 aliphatic rings. The zero-order valence-electron chi connectivity index (χ0n) is 33.0. The average Bonchev–Trinajstić information content (AvgIpc) is 3.13. The lowest BCUT2D eigenvalue weighted by molar-refractivity contribution is 0.562. The maximum absolute atomic E-state index is 11.9. The molecule has 0 saturated carbocycles. The fraction of sp³-hybridized carbons (Fsp3) is 0.265. The monoisotopic (exact) mass is 710 g/mol. The minimum Gasteiger partial charge on any atom is -0.397 e. The largest absolute Gasteiger partial charge is 0.397 e. The molecule has 6 rings (SSSR count). The van der Waals surface area contributed by atoms with Gasteiger partial charge in [-0.15, -0.1) is 0 Å². The van der Waals surface area contributed by atoms with E-state index in [4.69, 9.17) is 4.18 Å². The van der Waals surface area contributed by atoms with Crippen LogP contribution in [0.5, 0.6) is 5.75 Å². The molecule has 1 unspecified atom stereocenters. The first-order valence-corrected chi connectivity index (χ1v) is 19.4. The van der Waals surface area contributed by atoms with E-state index in [2.05, 4.69) is 152 Å².